The minimum Gasteiger partial charge on any atom is -0.489 e. The number of benzene rings is 3. The first-order chi connectivity index (χ1) is 15.5. The highest BCUT2D eigenvalue weighted by molar-refractivity contribution is 6.01. The normalized spacial score (nSPS) is 12.1. The van der Waals surface area contributed by atoms with Crippen LogP contribution in [0, 0.1) is 0 Å². The van der Waals surface area contributed by atoms with Gasteiger partial charge in [0.05, 0.1) is 6.42 Å². The SMILES string of the molecule is CO/N=C(\COc1ccc(COc2ccc(C(C)CC(=O)O)cc2)cc1)c1ccccc1. The van der Waals surface area contributed by atoms with E-state index in [9.17, 15) is 4.79 Å². The Bertz CT molecular complexity index is 1010. The molecule has 6 nitrogen and oxygen atoms in total. The van der Waals surface area contributed by atoms with E-state index in [0.717, 1.165) is 28.2 Å². The molecule has 3 rings (SSSR count). The van der Waals surface area contributed by atoms with Crippen molar-refractivity contribution >= 4 is 11.7 Å². The van der Waals surface area contributed by atoms with Crippen LogP contribution in [0.2, 0.25) is 0 Å². The molecule has 0 aliphatic rings. The lowest BCUT2D eigenvalue weighted by Gasteiger charge is -2.12. The minimum atomic E-state index is -0.799. The van der Waals surface area contributed by atoms with Crippen molar-refractivity contribution in [2.75, 3.05) is 13.7 Å². The van der Waals surface area contributed by atoms with E-state index in [-0.39, 0.29) is 12.3 Å². The van der Waals surface area contributed by atoms with Gasteiger partial charge in [0.2, 0.25) is 0 Å². The molecular weight excluding hydrogens is 406 g/mol. The lowest BCUT2D eigenvalue weighted by Crippen LogP contribution is -2.13. The van der Waals surface area contributed by atoms with Crippen LogP contribution in [0.25, 0.3) is 0 Å². The molecule has 0 aliphatic carbocycles. The lowest BCUT2D eigenvalue weighted by molar-refractivity contribution is -0.137. The summed E-state index contributed by atoms with van der Waals surface area (Å²) in [5.74, 6) is 0.628. The Morgan fingerprint density at radius 1 is 0.906 bits per heavy atom. The van der Waals surface area contributed by atoms with Gasteiger partial charge in [0.1, 0.15) is 37.5 Å². The minimum absolute atomic E-state index is 0.0366. The van der Waals surface area contributed by atoms with Gasteiger partial charge in [-0.15, -0.1) is 0 Å². The highest BCUT2D eigenvalue weighted by Gasteiger charge is 2.10. The predicted octanol–water partition coefficient (Wildman–Crippen LogP) is 5.27. The number of rotatable bonds is 11. The van der Waals surface area contributed by atoms with E-state index < -0.39 is 5.97 Å². The van der Waals surface area contributed by atoms with Gasteiger partial charge in [-0.05, 0) is 41.3 Å². The van der Waals surface area contributed by atoms with E-state index in [1.807, 2.05) is 85.8 Å². The van der Waals surface area contributed by atoms with Crippen LogP contribution in [0.5, 0.6) is 11.5 Å². The molecule has 3 aromatic rings. The van der Waals surface area contributed by atoms with Crippen molar-refractivity contribution in [3.8, 4) is 11.5 Å². The maximum Gasteiger partial charge on any atom is 0.303 e. The van der Waals surface area contributed by atoms with Crippen molar-refractivity contribution in [1.82, 2.24) is 0 Å². The molecular formula is C26H27NO5. The number of oxime groups is 1. The van der Waals surface area contributed by atoms with Gasteiger partial charge in [-0.1, -0.05) is 66.7 Å². The van der Waals surface area contributed by atoms with Crippen molar-refractivity contribution in [3.63, 3.8) is 0 Å². The average molecular weight is 434 g/mol. The molecule has 0 bridgehead atoms. The van der Waals surface area contributed by atoms with Crippen LogP contribution in [0.4, 0.5) is 0 Å². The molecule has 6 heteroatoms. The van der Waals surface area contributed by atoms with Gasteiger partial charge in [0, 0.05) is 5.56 Å². The molecule has 0 radical (unpaired) electrons. The third-order valence-corrected chi connectivity index (χ3v) is 4.94. The summed E-state index contributed by atoms with van der Waals surface area (Å²) < 4.78 is 11.7. The third-order valence-electron chi connectivity index (χ3n) is 4.94. The van der Waals surface area contributed by atoms with Crippen LogP contribution in [0.15, 0.2) is 84.0 Å². The molecule has 0 fully saturated rings. The van der Waals surface area contributed by atoms with Crippen LogP contribution >= 0.6 is 0 Å². The standard InChI is InChI=1S/C26H27NO5/c1-19(16-26(28)29)21-10-14-24(15-11-21)31-17-20-8-12-23(13-9-20)32-18-25(27-30-2)22-6-4-3-5-7-22/h3-15,19H,16-18H2,1-2H3,(H,28,29)/b27-25+. The Labute approximate surface area is 188 Å². The molecule has 0 saturated carbocycles. The number of hydrogen-bond acceptors (Lipinski definition) is 5. The van der Waals surface area contributed by atoms with E-state index in [2.05, 4.69) is 5.16 Å². The van der Waals surface area contributed by atoms with E-state index >= 15 is 0 Å². The summed E-state index contributed by atoms with van der Waals surface area (Å²) in [7, 11) is 1.52. The number of carboxylic acid groups (broad SMARTS) is 1. The fourth-order valence-electron chi connectivity index (χ4n) is 3.18. The number of carbonyl (C=O) groups is 1. The summed E-state index contributed by atoms with van der Waals surface area (Å²) >= 11 is 0. The summed E-state index contributed by atoms with van der Waals surface area (Å²) in [5, 5.41) is 13.0. The Balaban J connectivity index is 1.51. The van der Waals surface area contributed by atoms with Gasteiger partial charge in [0.25, 0.3) is 0 Å². The molecule has 1 atom stereocenters. The van der Waals surface area contributed by atoms with Crippen LogP contribution in [0.3, 0.4) is 0 Å². The summed E-state index contributed by atoms with van der Waals surface area (Å²) in [6, 6.07) is 25.0. The smallest absolute Gasteiger partial charge is 0.303 e. The first-order valence-corrected chi connectivity index (χ1v) is 10.4. The second-order valence-corrected chi connectivity index (χ2v) is 7.38. The second-order valence-electron chi connectivity index (χ2n) is 7.38. The van der Waals surface area contributed by atoms with Crippen molar-refractivity contribution < 1.29 is 24.2 Å². The zero-order chi connectivity index (χ0) is 22.8. The molecule has 1 unspecified atom stereocenters. The van der Waals surface area contributed by atoms with Gasteiger partial charge >= 0.3 is 5.97 Å². The van der Waals surface area contributed by atoms with Gasteiger partial charge in [-0.3, -0.25) is 4.79 Å². The molecule has 0 saturated heterocycles. The van der Waals surface area contributed by atoms with Crippen LogP contribution in [0.1, 0.15) is 36.0 Å². The van der Waals surface area contributed by atoms with E-state index in [0.29, 0.717) is 18.9 Å². The van der Waals surface area contributed by atoms with Gasteiger partial charge in [-0.25, -0.2) is 0 Å². The predicted molar refractivity (Wildman–Crippen MR) is 123 cm³/mol. The Morgan fingerprint density at radius 3 is 2.16 bits per heavy atom. The van der Waals surface area contributed by atoms with Crippen LogP contribution < -0.4 is 9.47 Å². The number of ether oxygens (including phenoxy) is 2. The summed E-state index contributed by atoms with van der Waals surface area (Å²) in [4.78, 5) is 15.8. The summed E-state index contributed by atoms with van der Waals surface area (Å²) in [5.41, 5.74) is 3.65. The van der Waals surface area contributed by atoms with Crippen molar-refractivity contribution in [2.24, 2.45) is 5.16 Å². The quantitative estimate of drug-likeness (QED) is 0.329. The molecule has 166 valence electrons. The molecule has 0 amide bonds. The molecule has 0 spiro atoms. The Hall–Kier alpha value is -3.80. The van der Waals surface area contributed by atoms with Gasteiger partial charge < -0.3 is 19.4 Å². The summed E-state index contributed by atoms with van der Waals surface area (Å²) in [6.07, 6.45) is 0.110. The fraction of sp³-hybridized carbons (Fsp3) is 0.231. The molecule has 0 heterocycles. The van der Waals surface area contributed by atoms with Crippen LogP contribution in [-0.4, -0.2) is 30.5 Å². The zero-order valence-electron chi connectivity index (χ0n) is 18.2. The van der Waals surface area contributed by atoms with E-state index in [1.165, 1.54) is 7.11 Å². The Morgan fingerprint density at radius 2 is 1.53 bits per heavy atom. The topological polar surface area (TPSA) is 77.3 Å². The molecule has 0 aliphatic heterocycles. The zero-order valence-corrected chi connectivity index (χ0v) is 18.2. The van der Waals surface area contributed by atoms with Crippen LogP contribution in [-0.2, 0) is 16.2 Å². The summed E-state index contributed by atoms with van der Waals surface area (Å²) in [6.45, 7) is 2.61. The number of aliphatic carboxylic acids is 1. The van der Waals surface area contributed by atoms with Crippen molar-refractivity contribution in [1.29, 1.82) is 0 Å². The molecule has 32 heavy (non-hydrogen) atoms. The third kappa shape index (κ3) is 6.87. The average Bonchev–Trinajstić information content (AvgIpc) is 2.81. The number of nitrogens with zero attached hydrogens (tertiary/aromatic N) is 1. The number of carboxylic acids is 1. The van der Waals surface area contributed by atoms with Gasteiger partial charge in [0.15, 0.2) is 0 Å². The highest BCUT2D eigenvalue weighted by Crippen LogP contribution is 2.23. The molecule has 1 N–H and O–H groups in total. The van der Waals surface area contributed by atoms with Crippen molar-refractivity contribution in [3.05, 3.63) is 95.6 Å². The Kier molecular flexibility index (Phi) is 8.26. The first kappa shape index (κ1) is 22.9. The monoisotopic (exact) mass is 433 g/mol. The fourth-order valence-corrected chi connectivity index (χ4v) is 3.18. The van der Waals surface area contributed by atoms with Gasteiger partial charge in [-0.2, -0.15) is 0 Å². The maximum atomic E-state index is 10.9. The largest absolute Gasteiger partial charge is 0.489 e. The molecule has 0 aromatic heterocycles. The first-order valence-electron chi connectivity index (χ1n) is 10.4. The van der Waals surface area contributed by atoms with Crippen molar-refractivity contribution in [2.45, 2.75) is 25.9 Å². The van der Waals surface area contributed by atoms with E-state index in [1.54, 1.807) is 0 Å². The maximum absolute atomic E-state index is 10.9. The van der Waals surface area contributed by atoms with E-state index in [4.69, 9.17) is 19.4 Å². The second kappa shape index (κ2) is 11.6. The number of hydrogen-bond donors (Lipinski definition) is 1. The molecule has 3 aromatic carbocycles. The highest BCUT2D eigenvalue weighted by atomic mass is 16.6. The lowest BCUT2D eigenvalue weighted by atomic mass is 9.98.